The van der Waals surface area contributed by atoms with Crippen molar-refractivity contribution < 1.29 is 4.74 Å². The highest BCUT2D eigenvalue weighted by Crippen LogP contribution is 2.13. The highest BCUT2D eigenvalue weighted by atomic mass is 16.5. The number of ether oxygens (including phenoxy) is 1. The average molecular weight is 219 g/mol. The molecule has 1 saturated heterocycles. The van der Waals surface area contributed by atoms with Crippen LogP contribution in [0.1, 0.15) is 31.7 Å². The molecule has 1 aliphatic heterocycles. The fourth-order valence-corrected chi connectivity index (χ4v) is 2.26. The van der Waals surface area contributed by atoms with Crippen LogP contribution in [0.25, 0.3) is 0 Å². The van der Waals surface area contributed by atoms with E-state index in [1.807, 2.05) is 6.07 Å². The molecule has 1 aliphatic rings. The predicted molar refractivity (Wildman–Crippen MR) is 66.3 cm³/mol. The van der Waals surface area contributed by atoms with Crippen LogP contribution in [0.5, 0.6) is 0 Å². The number of nitrogens with one attached hydrogen (secondary N) is 1. The smallest absolute Gasteiger partial charge is 0.0717 e. The Morgan fingerprint density at radius 1 is 1.25 bits per heavy atom. The number of rotatable bonds is 4. The van der Waals surface area contributed by atoms with Gasteiger partial charge in [0.2, 0.25) is 0 Å². The molecule has 0 aliphatic carbocycles. The molecule has 0 bridgehead atoms. The Labute approximate surface area is 98.0 Å². The van der Waals surface area contributed by atoms with Crippen LogP contribution in [0.2, 0.25) is 0 Å². The minimum atomic E-state index is 0.549. The fraction of sp³-hybridized carbons (Fsp3) is 0.571. The van der Waals surface area contributed by atoms with E-state index >= 15 is 0 Å². The van der Waals surface area contributed by atoms with E-state index in [2.05, 4.69) is 36.5 Å². The normalized spacial score (nSPS) is 25.6. The lowest BCUT2D eigenvalue weighted by Crippen LogP contribution is -2.43. The largest absolute Gasteiger partial charge is 0.375 e. The van der Waals surface area contributed by atoms with E-state index in [9.17, 15) is 0 Å². The van der Waals surface area contributed by atoms with Crippen molar-refractivity contribution in [1.82, 2.24) is 5.32 Å². The Morgan fingerprint density at radius 2 is 2.06 bits per heavy atom. The number of piperidine rings is 1. The molecule has 2 nitrogen and oxygen atoms in total. The minimum Gasteiger partial charge on any atom is -0.375 e. The SMILES string of the molecule is C[C@@H]1CCC[C@H](COCc2ccccc2)N1. The topological polar surface area (TPSA) is 21.3 Å². The molecule has 0 radical (unpaired) electrons. The molecule has 16 heavy (non-hydrogen) atoms. The molecule has 0 spiro atoms. The zero-order valence-electron chi connectivity index (χ0n) is 9.99. The molecule has 1 aromatic rings. The monoisotopic (exact) mass is 219 g/mol. The molecule has 1 N–H and O–H groups in total. The van der Waals surface area contributed by atoms with Crippen LogP contribution in [-0.4, -0.2) is 18.7 Å². The molecule has 2 atom stereocenters. The van der Waals surface area contributed by atoms with Crippen molar-refractivity contribution in [3.63, 3.8) is 0 Å². The van der Waals surface area contributed by atoms with E-state index in [-0.39, 0.29) is 0 Å². The van der Waals surface area contributed by atoms with Crippen LogP contribution >= 0.6 is 0 Å². The number of benzene rings is 1. The van der Waals surface area contributed by atoms with Crippen molar-refractivity contribution in [2.45, 2.75) is 44.9 Å². The highest BCUT2D eigenvalue weighted by Gasteiger charge is 2.17. The van der Waals surface area contributed by atoms with Crippen LogP contribution in [0, 0.1) is 0 Å². The third kappa shape index (κ3) is 3.62. The molecule has 0 aromatic heterocycles. The van der Waals surface area contributed by atoms with Crippen molar-refractivity contribution in [1.29, 1.82) is 0 Å². The van der Waals surface area contributed by atoms with Gasteiger partial charge in [-0.2, -0.15) is 0 Å². The zero-order chi connectivity index (χ0) is 11.2. The van der Waals surface area contributed by atoms with Crippen molar-refractivity contribution in [2.24, 2.45) is 0 Å². The summed E-state index contributed by atoms with van der Waals surface area (Å²) in [6.07, 6.45) is 3.88. The van der Waals surface area contributed by atoms with Gasteiger partial charge in [0.1, 0.15) is 0 Å². The van der Waals surface area contributed by atoms with E-state index in [0.29, 0.717) is 12.1 Å². The molecular formula is C14H21NO. The van der Waals surface area contributed by atoms with Crippen molar-refractivity contribution in [3.05, 3.63) is 35.9 Å². The van der Waals surface area contributed by atoms with Gasteiger partial charge < -0.3 is 10.1 Å². The van der Waals surface area contributed by atoms with E-state index in [1.54, 1.807) is 0 Å². The predicted octanol–water partition coefficient (Wildman–Crippen LogP) is 2.73. The Hall–Kier alpha value is -0.860. The van der Waals surface area contributed by atoms with Gasteiger partial charge in [0.15, 0.2) is 0 Å². The van der Waals surface area contributed by atoms with Crippen molar-refractivity contribution >= 4 is 0 Å². The summed E-state index contributed by atoms with van der Waals surface area (Å²) < 4.78 is 5.74. The molecule has 88 valence electrons. The second-order valence-corrected chi connectivity index (χ2v) is 4.70. The van der Waals surface area contributed by atoms with Gasteiger partial charge in [-0.05, 0) is 25.3 Å². The number of hydrogen-bond donors (Lipinski definition) is 1. The molecule has 0 amide bonds. The third-order valence-electron chi connectivity index (χ3n) is 3.14. The Morgan fingerprint density at radius 3 is 2.81 bits per heavy atom. The standard InChI is InChI=1S/C14H21NO/c1-12-6-5-9-14(15-12)11-16-10-13-7-3-2-4-8-13/h2-4,7-8,12,14-15H,5-6,9-11H2,1H3/t12-,14-/m1/s1. The van der Waals surface area contributed by atoms with Crippen LogP contribution in [0.4, 0.5) is 0 Å². The molecule has 0 saturated carbocycles. The first-order chi connectivity index (χ1) is 7.84. The maximum atomic E-state index is 5.74. The Kier molecular flexibility index (Phi) is 4.37. The van der Waals surface area contributed by atoms with Crippen LogP contribution in [-0.2, 0) is 11.3 Å². The fourth-order valence-electron chi connectivity index (χ4n) is 2.26. The highest BCUT2D eigenvalue weighted by molar-refractivity contribution is 5.13. The quantitative estimate of drug-likeness (QED) is 0.840. The second-order valence-electron chi connectivity index (χ2n) is 4.70. The van der Waals surface area contributed by atoms with Gasteiger partial charge in [-0.25, -0.2) is 0 Å². The van der Waals surface area contributed by atoms with Gasteiger partial charge in [-0.1, -0.05) is 36.8 Å². The molecule has 1 aromatic carbocycles. The van der Waals surface area contributed by atoms with Gasteiger partial charge in [-0.15, -0.1) is 0 Å². The summed E-state index contributed by atoms with van der Waals surface area (Å²) in [5, 5.41) is 3.58. The van der Waals surface area contributed by atoms with Crippen LogP contribution < -0.4 is 5.32 Å². The number of hydrogen-bond acceptors (Lipinski definition) is 2. The first kappa shape index (κ1) is 11.6. The van der Waals surface area contributed by atoms with Gasteiger partial charge in [0, 0.05) is 12.1 Å². The molecule has 2 heteroatoms. The Balaban J connectivity index is 1.68. The first-order valence-electron chi connectivity index (χ1n) is 6.22. The molecule has 0 unspecified atom stereocenters. The van der Waals surface area contributed by atoms with E-state index in [1.165, 1.54) is 24.8 Å². The second kappa shape index (κ2) is 6.02. The molecule has 1 fully saturated rings. The van der Waals surface area contributed by atoms with Crippen molar-refractivity contribution in [3.8, 4) is 0 Å². The third-order valence-corrected chi connectivity index (χ3v) is 3.14. The lowest BCUT2D eigenvalue weighted by molar-refractivity contribution is 0.0857. The van der Waals surface area contributed by atoms with Crippen molar-refractivity contribution in [2.75, 3.05) is 6.61 Å². The van der Waals surface area contributed by atoms with Gasteiger partial charge >= 0.3 is 0 Å². The first-order valence-corrected chi connectivity index (χ1v) is 6.22. The summed E-state index contributed by atoms with van der Waals surface area (Å²) in [7, 11) is 0. The summed E-state index contributed by atoms with van der Waals surface area (Å²) in [6.45, 7) is 3.82. The van der Waals surface area contributed by atoms with Gasteiger partial charge in [0.25, 0.3) is 0 Å². The van der Waals surface area contributed by atoms with Crippen LogP contribution in [0.3, 0.4) is 0 Å². The van der Waals surface area contributed by atoms with Gasteiger partial charge in [-0.3, -0.25) is 0 Å². The van der Waals surface area contributed by atoms with Crippen LogP contribution in [0.15, 0.2) is 30.3 Å². The zero-order valence-corrected chi connectivity index (χ0v) is 9.99. The van der Waals surface area contributed by atoms with E-state index in [0.717, 1.165) is 13.2 Å². The summed E-state index contributed by atoms with van der Waals surface area (Å²) >= 11 is 0. The lowest BCUT2D eigenvalue weighted by Gasteiger charge is -2.28. The summed E-state index contributed by atoms with van der Waals surface area (Å²) in [5.41, 5.74) is 1.26. The summed E-state index contributed by atoms with van der Waals surface area (Å²) in [5.74, 6) is 0. The van der Waals surface area contributed by atoms with E-state index in [4.69, 9.17) is 4.74 Å². The average Bonchev–Trinajstić information content (AvgIpc) is 2.30. The van der Waals surface area contributed by atoms with Gasteiger partial charge in [0.05, 0.1) is 13.2 Å². The summed E-state index contributed by atoms with van der Waals surface area (Å²) in [6, 6.07) is 11.6. The molecular weight excluding hydrogens is 198 g/mol. The van der Waals surface area contributed by atoms with E-state index < -0.39 is 0 Å². The minimum absolute atomic E-state index is 0.549. The Bertz CT molecular complexity index is 299. The molecule has 1 heterocycles. The summed E-state index contributed by atoms with van der Waals surface area (Å²) in [4.78, 5) is 0. The maximum absolute atomic E-state index is 5.74. The maximum Gasteiger partial charge on any atom is 0.0717 e. The lowest BCUT2D eigenvalue weighted by atomic mass is 10.0. The molecule has 2 rings (SSSR count).